The summed E-state index contributed by atoms with van der Waals surface area (Å²) in [6, 6.07) is 27.4. The number of nitrogens with zero attached hydrogens (tertiary/aromatic N) is 1. The molecule has 1 amide bonds. The van der Waals surface area contributed by atoms with Crippen LogP contribution >= 0.6 is 0 Å². The van der Waals surface area contributed by atoms with Crippen molar-refractivity contribution in [2.24, 2.45) is 16.6 Å². The molecule has 2 aliphatic rings. The molecule has 0 spiro atoms. The second-order valence-corrected chi connectivity index (χ2v) is 9.29. The first-order valence-corrected chi connectivity index (χ1v) is 12.0. The van der Waals surface area contributed by atoms with Crippen molar-refractivity contribution in [3.63, 3.8) is 0 Å². The summed E-state index contributed by atoms with van der Waals surface area (Å²) in [5.74, 6) is 0.419. The van der Waals surface area contributed by atoms with E-state index in [2.05, 4.69) is 5.32 Å². The third-order valence-corrected chi connectivity index (χ3v) is 6.82. The number of nitrogens with two attached hydrogens (primary N) is 1. The number of nitrogens with one attached hydrogen (secondary N) is 1. The van der Waals surface area contributed by atoms with Crippen LogP contribution in [-0.4, -0.2) is 23.6 Å². The molecule has 0 bridgehead atoms. The largest absolute Gasteiger partial charge is 0.387 e. The van der Waals surface area contributed by atoms with Gasteiger partial charge in [0.15, 0.2) is 11.3 Å². The average molecular weight is 452 g/mol. The summed E-state index contributed by atoms with van der Waals surface area (Å²) in [7, 11) is 0. The maximum atomic E-state index is 13.7. The zero-order chi connectivity index (χ0) is 23.5. The normalized spacial score (nSPS) is 19.4. The predicted octanol–water partition coefficient (Wildman–Crippen LogP) is 4.40. The SMILES string of the molecule is NC1=NC(c2ccccc2)(c2ccccc2)C(=O)CC1CCc1cccc(C(=O)NC2CC2)c1. The van der Waals surface area contributed by atoms with Crippen molar-refractivity contribution in [2.45, 2.75) is 43.7 Å². The topological polar surface area (TPSA) is 84.5 Å². The molecule has 1 fully saturated rings. The van der Waals surface area contributed by atoms with Crippen LogP contribution in [0.5, 0.6) is 0 Å². The minimum atomic E-state index is -1.11. The number of carbonyl (C=O) groups excluding carboxylic acids is 2. The van der Waals surface area contributed by atoms with E-state index in [9.17, 15) is 9.59 Å². The van der Waals surface area contributed by atoms with Gasteiger partial charge in [0.25, 0.3) is 5.91 Å². The lowest BCUT2D eigenvalue weighted by Crippen LogP contribution is -2.45. The summed E-state index contributed by atoms with van der Waals surface area (Å²) in [5, 5.41) is 3.03. The average Bonchev–Trinajstić information content (AvgIpc) is 3.69. The molecule has 5 nitrogen and oxygen atoms in total. The van der Waals surface area contributed by atoms with Crippen LogP contribution in [0, 0.1) is 5.92 Å². The molecule has 0 saturated heterocycles. The Balaban J connectivity index is 1.38. The number of hydrogen-bond donors (Lipinski definition) is 2. The molecule has 0 aromatic heterocycles. The molecule has 0 radical (unpaired) electrons. The molecule has 34 heavy (non-hydrogen) atoms. The monoisotopic (exact) mass is 451 g/mol. The van der Waals surface area contributed by atoms with E-state index in [0.29, 0.717) is 30.3 Å². The highest BCUT2D eigenvalue weighted by molar-refractivity contribution is 6.02. The van der Waals surface area contributed by atoms with Gasteiger partial charge < -0.3 is 11.1 Å². The predicted molar refractivity (Wildman–Crippen MR) is 134 cm³/mol. The minimum absolute atomic E-state index is 0.0197. The van der Waals surface area contributed by atoms with E-state index in [-0.39, 0.29) is 17.6 Å². The Morgan fingerprint density at radius 3 is 2.21 bits per heavy atom. The molecule has 5 heteroatoms. The van der Waals surface area contributed by atoms with Gasteiger partial charge in [0.2, 0.25) is 0 Å². The highest BCUT2D eigenvalue weighted by Gasteiger charge is 2.46. The Labute approximate surface area is 200 Å². The van der Waals surface area contributed by atoms with Crippen molar-refractivity contribution in [1.82, 2.24) is 5.32 Å². The zero-order valence-electron chi connectivity index (χ0n) is 19.1. The lowest BCUT2D eigenvalue weighted by atomic mass is 9.74. The number of aliphatic imine (C=N–C) groups is 1. The first kappa shape index (κ1) is 22.1. The lowest BCUT2D eigenvalue weighted by molar-refractivity contribution is -0.124. The molecule has 172 valence electrons. The Hall–Kier alpha value is -3.73. The Morgan fingerprint density at radius 2 is 1.59 bits per heavy atom. The third-order valence-electron chi connectivity index (χ3n) is 6.82. The third kappa shape index (κ3) is 4.38. The van der Waals surface area contributed by atoms with Crippen LogP contribution in [0.3, 0.4) is 0 Å². The fourth-order valence-electron chi connectivity index (χ4n) is 4.76. The summed E-state index contributed by atoms with van der Waals surface area (Å²) in [4.78, 5) is 31.0. The van der Waals surface area contributed by atoms with Crippen LogP contribution in [-0.2, 0) is 16.8 Å². The number of benzene rings is 3. The number of ketones is 1. The highest BCUT2D eigenvalue weighted by Crippen LogP contribution is 2.40. The van der Waals surface area contributed by atoms with Gasteiger partial charge in [0.05, 0.1) is 5.84 Å². The standard InChI is InChI=1S/C29H29N3O2/c30-27-21(15-14-20-8-7-9-22(18-20)28(34)31-25-16-17-25)19-26(33)29(32-27,23-10-3-1-4-11-23)24-12-5-2-6-13-24/h1-13,18,21,25H,14-17,19H2,(H2,30,32)(H,31,34). The second-order valence-electron chi connectivity index (χ2n) is 9.29. The number of carbonyl (C=O) groups is 2. The molecular formula is C29H29N3O2. The van der Waals surface area contributed by atoms with Crippen LogP contribution in [0.1, 0.15) is 52.7 Å². The first-order valence-electron chi connectivity index (χ1n) is 12.0. The second kappa shape index (κ2) is 9.26. The first-order chi connectivity index (χ1) is 16.6. The molecule has 3 N–H and O–H groups in total. The maximum Gasteiger partial charge on any atom is 0.251 e. The van der Waals surface area contributed by atoms with Crippen LogP contribution in [0.4, 0.5) is 0 Å². The summed E-state index contributed by atoms with van der Waals surface area (Å²) < 4.78 is 0. The van der Waals surface area contributed by atoms with Gasteiger partial charge in [-0.25, -0.2) is 4.99 Å². The molecule has 1 heterocycles. The van der Waals surface area contributed by atoms with Crippen LogP contribution in [0.25, 0.3) is 0 Å². The molecular weight excluding hydrogens is 422 g/mol. The summed E-state index contributed by atoms with van der Waals surface area (Å²) >= 11 is 0. The Morgan fingerprint density at radius 1 is 0.941 bits per heavy atom. The van der Waals surface area contributed by atoms with Gasteiger partial charge in [-0.05, 0) is 54.5 Å². The Bertz CT molecular complexity index is 1180. The summed E-state index contributed by atoms with van der Waals surface area (Å²) in [6.45, 7) is 0. The molecule has 1 saturated carbocycles. The van der Waals surface area contributed by atoms with Crippen LogP contribution in [0.2, 0.25) is 0 Å². The van der Waals surface area contributed by atoms with Gasteiger partial charge in [-0.2, -0.15) is 0 Å². The van der Waals surface area contributed by atoms with Gasteiger partial charge >= 0.3 is 0 Å². The van der Waals surface area contributed by atoms with E-state index in [0.717, 1.165) is 36.0 Å². The lowest BCUT2D eigenvalue weighted by Gasteiger charge is -2.36. The minimum Gasteiger partial charge on any atom is -0.387 e. The van der Waals surface area contributed by atoms with E-state index in [1.54, 1.807) is 0 Å². The Kier molecular flexibility index (Phi) is 6.01. The molecule has 1 aliphatic heterocycles. The van der Waals surface area contributed by atoms with Gasteiger partial charge in [0, 0.05) is 23.9 Å². The van der Waals surface area contributed by atoms with E-state index >= 15 is 0 Å². The molecule has 3 aromatic rings. The zero-order valence-corrected chi connectivity index (χ0v) is 19.1. The quantitative estimate of drug-likeness (QED) is 0.558. The molecule has 5 rings (SSSR count). The van der Waals surface area contributed by atoms with Crippen molar-refractivity contribution < 1.29 is 9.59 Å². The number of aryl methyl sites for hydroxylation is 1. The number of amides is 1. The van der Waals surface area contributed by atoms with Crippen molar-refractivity contribution in [2.75, 3.05) is 0 Å². The van der Waals surface area contributed by atoms with Crippen molar-refractivity contribution in [3.8, 4) is 0 Å². The molecule has 1 unspecified atom stereocenters. The van der Waals surface area contributed by atoms with E-state index in [1.165, 1.54) is 0 Å². The number of rotatable bonds is 7. The van der Waals surface area contributed by atoms with Gasteiger partial charge in [-0.1, -0.05) is 72.8 Å². The van der Waals surface area contributed by atoms with Crippen molar-refractivity contribution in [1.29, 1.82) is 0 Å². The molecule has 1 atom stereocenters. The summed E-state index contributed by atoms with van der Waals surface area (Å²) in [6.07, 6.45) is 3.89. The fourth-order valence-corrected chi connectivity index (χ4v) is 4.76. The number of Topliss-reactive ketones (excluding diaryl/α,β-unsaturated/α-hetero) is 1. The van der Waals surface area contributed by atoms with E-state index < -0.39 is 5.54 Å². The van der Waals surface area contributed by atoms with Gasteiger partial charge in [-0.15, -0.1) is 0 Å². The fraction of sp³-hybridized carbons (Fsp3) is 0.276. The maximum absolute atomic E-state index is 13.7. The number of hydrogen-bond acceptors (Lipinski definition) is 4. The van der Waals surface area contributed by atoms with E-state index in [1.807, 2.05) is 84.9 Å². The van der Waals surface area contributed by atoms with Gasteiger partial charge in [0.1, 0.15) is 0 Å². The summed E-state index contributed by atoms with van der Waals surface area (Å²) in [5.41, 5.74) is 8.83. The van der Waals surface area contributed by atoms with Gasteiger partial charge in [-0.3, -0.25) is 9.59 Å². The van der Waals surface area contributed by atoms with Crippen molar-refractivity contribution in [3.05, 3.63) is 107 Å². The smallest absolute Gasteiger partial charge is 0.251 e. The molecule has 3 aromatic carbocycles. The van der Waals surface area contributed by atoms with Crippen molar-refractivity contribution >= 4 is 17.5 Å². The molecule has 1 aliphatic carbocycles. The number of amidine groups is 1. The van der Waals surface area contributed by atoms with Crippen LogP contribution in [0.15, 0.2) is 89.9 Å². The highest BCUT2D eigenvalue weighted by atomic mass is 16.1. The van der Waals surface area contributed by atoms with E-state index in [4.69, 9.17) is 10.7 Å². The van der Waals surface area contributed by atoms with Crippen LogP contribution < -0.4 is 11.1 Å².